The fraction of sp³-hybridized carbons (Fsp3) is 0.154. The molecule has 0 spiro atoms. The molecule has 2 heterocycles. The molecule has 0 saturated carbocycles. The molecule has 0 atom stereocenters. The Balaban J connectivity index is 1.75. The average Bonchev–Trinajstić information content (AvgIpc) is 3.17. The average molecular weight is 359 g/mol. The summed E-state index contributed by atoms with van der Waals surface area (Å²) in [5.41, 5.74) is -0.250. The van der Waals surface area contributed by atoms with E-state index in [1.165, 1.54) is 0 Å². The van der Waals surface area contributed by atoms with E-state index in [2.05, 4.69) is 15.2 Å². The van der Waals surface area contributed by atoms with Crippen LogP contribution >= 0.6 is 23.1 Å². The zero-order chi connectivity index (χ0) is 16.4. The van der Waals surface area contributed by atoms with Crippen LogP contribution in [-0.2, 0) is 6.18 Å². The van der Waals surface area contributed by atoms with Gasteiger partial charge < -0.3 is 9.15 Å². The maximum atomic E-state index is 12.5. The molecule has 0 aliphatic heterocycles. The molecule has 3 rings (SSSR count). The lowest BCUT2D eigenvalue weighted by Gasteiger charge is -1.99. The zero-order valence-electron chi connectivity index (χ0n) is 11.5. The monoisotopic (exact) mass is 359 g/mol. The van der Waals surface area contributed by atoms with Gasteiger partial charge in [0.15, 0.2) is 10.0 Å². The third-order valence-electron chi connectivity index (χ3n) is 2.69. The van der Waals surface area contributed by atoms with Crippen LogP contribution in [0.25, 0.3) is 11.5 Å². The van der Waals surface area contributed by atoms with Crippen molar-refractivity contribution in [3.8, 4) is 17.2 Å². The third kappa shape index (κ3) is 3.64. The van der Waals surface area contributed by atoms with Gasteiger partial charge in [0, 0.05) is 22.7 Å². The molecule has 0 aliphatic rings. The minimum atomic E-state index is -4.46. The van der Waals surface area contributed by atoms with Crippen molar-refractivity contribution in [1.29, 1.82) is 0 Å². The van der Waals surface area contributed by atoms with E-state index in [4.69, 9.17) is 9.15 Å². The van der Waals surface area contributed by atoms with Crippen molar-refractivity contribution in [3.05, 3.63) is 35.3 Å². The number of thiazole rings is 1. The maximum Gasteiger partial charge on any atom is 0.434 e. The quantitative estimate of drug-likeness (QED) is 0.689. The lowest BCUT2D eigenvalue weighted by molar-refractivity contribution is -0.141. The Morgan fingerprint density at radius 3 is 2.52 bits per heavy atom. The summed E-state index contributed by atoms with van der Waals surface area (Å²) in [5.74, 6) is 0.952. The predicted octanol–water partition coefficient (Wildman–Crippen LogP) is 4.37. The number of hydrogen-bond donors (Lipinski definition) is 0. The Kier molecular flexibility index (Phi) is 4.26. The molecule has 0 radical (unpaired) electrons. The van der Waals surface area contributed by atoms with E-state index < -0.39 is 11.9 Å². The van der Waals surface area contributed by atoms with Gasteiger partial charge in [0.25, 0.3) is 5.22 Å². The Labute approximate surface area is 136 Å². The van der Waals surface area contributed by atoms with Crippen LogP contribution in [0.4, 0.5) is 13.2 Å². The second kappa shape index (κ2) is 6.20. The van der Waals surface area contributed by atoms with E-state index in [0.29, 0.717) is 11.3 Å². The fourth-order valence-electron chi connectivity index (χ4n) is 1.61. The summed E-state index contributed by atoms with van der Waals surface area (Å²) >= 11 is 1.76. The number of aromatic nitrogens is 3. The molecular weight excluding hydrogens is 351 g/mol. The number of benzene rings is 1. The Hall–Kier alpha value is -2.07. The molecule has 0 saturated heterocycles. The van der Waals surface area contributed by atoms with Gasteiger partial charge in [0.2, 0.25) is 5.89 Å². The largest absolute Gasteiger partial charge is 0.497 e. The first-order chi connectivity index (χ1) is 11.0. The summed E-state index contributed by atoms with van der Waals surface area (Å²) in [6, 6.07) is 6.96. The molecule has 1 aromatic carbocycles. The van der Waals surface area contributed by atoms with Gasteiger partial charge in [-0.2, -0.15) is 13.2 Å². The highest BCUT2D eigenvalue weighted by Gasteiger charge is 2.34. The number of ether oxygens (including phenoxy) is 1. The molecule has 2 aromatic heterocycles. The molecular formula is C13H8F3N3O2S2. The number of rotatable bonds is 4. The van der Waals surface area contributed by atoms with Crippen molar-refractivity contribution >= 4 is 23.1 Å². The summed E-state index contributed by atoms with van der Waals surface area (Å²) < 4.78 is 48.2. The molecule has 0 fully saturated rings. The van der Waals surface area contributed by atoms with E-state index in [9.17, 15) is 13.2 Å². The number of nitrogens with zero attached hydrogens (tertiary/aromatic N) is 3. The van der Waals surface area contributed by atoms with Crippen LogP contribution in [0, 0.1) is 0 Å². The van der Waals surface area contributed by atoms with Crippen LogP contribution in [-0.4, -0.2) is 22.3 Å². The van der Waals surface area contributed by atoms with Gasteiger partial charge in [0.05, 0.1) is 7.11 Å². The number of hydrogen-bond acceptors (Lipinski definition) is 7. The molecule has 3 aromatic rings. The molecule has 0 amide bonds. The summed E-state index contributed by atoms with van der Waals surface area (Å²) in [6.07, 6.45) is -4.46. The SMILES string of the molecule is COc1ccc(-c2nnc(Sc3nc(C(F)(F)F)cs3)o2)cc1. The molecule has 0 bridgehead atoms. The molecule has 0 aliphatic carbocycles. The molecule has 0 unspecified atom stereocenters. The van der Waals surface area contributed by atoms with Crippen molar-refractivity contribution in [1.82, 2.24) is 15.2 Å². The third-order valence-corrected chi connectivity index (χ3v) is 4.47. The van der Waals surface area contributed by atoms with Crippen LogP contribution in [0.5, 0.6) is 5.75 Å². The lowest BCUT2D eigenvalue weighted by Crippen LogP contribution is -2.04. The van der Waals surface area contributed by atoms with Crippen LogP contribution < -0.4 is 4.74 Å². The first-order valence-electron chi connectivity index (χ1n) is 6.14. The van der Waals surface area contributed by atoms with E-state index in [1.54, 1.807) is 31.4 Å². The second-order valence-corrected chi connectivity index (χ2v) is 6.26. The summed E-state index contributed by atoms with van der Waals surface area (Å²) in [6.45, 7) is 0. The van der Waals surface area contributed by atoms with E-state index in [0.717, 1.165) is 28.5 Å². The van der Waals surface area contributed by atoms with Gasteiger partial charge in [0.1, 0.15) is 5.75 Å². The predicted molar refractivity (Wildman–Crippen MR) is 77.5 cm³/mol. The van der Waals surface area contributed by atoms with E-state index >= 15 is 0 Å². The van der Waals surface area contributed by atoms with Gasteiger partial charge in [-0.15, -0.1) is 21.5 Å². The first kappa shape index (κ1) is 15.8. The second-order valence-electron chi connectivity index (χ2n) is 4.20. The summed E-state index contributed by atoms with van der Waals surface area (Å²) in [4.78, 5) is 3.49. The molecule has 23 heavy (non-hydrogen) atoms. The minimum Gasteiger partial charge on any atom is -0.497 e. The Morgan fingerprint density at radius 2 is 1.91 bits per heavy atom. The van der Waals surface area contributed by atoms with Gasteiger partial charge in [-0.25, -0.2) is 4.98 Å². The van der Waals surface area contributed by atoms with Crippen LogP contribution in [0.1, 0.15) is 5.69 Å². The first-order valence-corrected chi connectivity index (χ1v) is 7.84. The highest BCUT2D eigenvalue weighted by molar-refractivity contribution is 8.00. The fourth-order valence-corrected chi connectivity index (χ4v) is 3.21. The smallest absolute Gasteiger partial charge is 0.434 e. The van der Waals surface area contributed by atoms with Crippen molar-refractivity contribution < 1.29 is 22.3 Å². The standard InChI is InChI=1S/C13H8F3N3O2S2/c1-20-8-4-2-7(3-5-8)10-18-19-11(21-10)23-12-17-9(6-22-12)13(14,15)16/h2-6H,1H3. The Bertz CT molecular complexity index is 799. The zero-order valence-corrected chi connectivity index (χ0v) is 13.1. The highest BCUT2D eigenvalue weighted by Crippen LogP contribution is 2.36. The minimum absolute atomic E-state index is 0.124. The highest BCUT2D eigenvalue weighted by atomic mass is 32.2. The normalized spacial score (nSPS) is 11.7. The molecule has 10 heteroatoms. The van der Waals surface area contributed by atoms with Gasteiger partial charge >= 0.3 is 6.18 Å². The van der Waals surface area contributed by atoms with Crippen LogP contribution in [0.2, 0.25) is 0 Å². The molecule has 120 valence electrons. The summed E-state index contributed by atoms with van der Waals surface area (Å²) in [7, 11) is 1.56. The van der Waals surface area contributed by atoms with Gasteiger partial charge in [-0.1, -0.05) is 0 Å². The van der Waals surface area contributed by atoms with Gasteiger partial charge in [-0.05, 0) is 24.3 Å². The van der Waals surface area contributed by atoms with Crippen molar-refractivity contribution in [2.45, 2.75) is 15.7 Å². The van der Waals surface area contributed by atoms with Crippen molar-refractivity contribution in [2.75, 3.05) is 7.11 Å². The van der Waals surface area contributed by atoms with E-state index in [-0.39, 0.29) is 15.5 Å². The topological polar surface area (TPSA) is 61.0 Å². The number of halogens is 3. The maximum absolute atomic E-state index is 12.5. The van der Waals surface area contributed by atoms with Crippen LogP contribution in [0.15, 0.2) is 43.6 Å². The lowest BCUT2D eigenvalue weighted by atomic mass is 10.2. The molecule has 0 N–H and O–H groups in total. The van der Waals surface area contributed by atoms with Crippen molar-refractivity contribution in [2.24, 2.45) is 0 Å². The number of alkyl halides is 3. The Morgan fingerprint density at radius 1 is 1.17 bits per heavy atom. The van der Waals surface area contributed by atoms with Crippen LogP contribution in [0.3, 0.4) is 0 Å². The van der Waals surface area contributed by atoms with E-state index in [1.807, 2.05) is 0 Å². The number of methoxy groups -OCH3 is 1. The molecule has 5 nitrogen and oxygen atoms in total. The van der Waals surface area contributed by atoms with Gasteiger partial charge in [-0.3, -0.25) is 0 Å². The van der Waals surface area contributed by atoms with Crippen molar-refractivity contribution in [3.63, 3.8) is 0 Å². The summed E-state index contributed by atoms with van der Waals surface area (Å²) in [5, 5.41) is 8.74.